The largest absolute Gasteiger partial charge is 1.00 e. The molecule has 34 heavy (non-hydrogen) atoms. The Hall–Kier alpha value is -2.51. The fourth-order valence-electron chi connectivity index (χ4n) is 3.03. The standard InChI is InChI=1S/C20H13ClF3N5O3S.Na/c1-10-6-15(29-33(31,32)11-2-3-14(21)13(7-11)20(22,23)24)17(26-8-10)18(30)16-12-4-5-25-19(12)28-9-27-16;/h2-9H,1H3,(H2,25,27,28,29,30);/q;+1/p-1. The second kappa shape index (κ2) is 9.62. The van der Waals surface area contributed by atoms with E-state index in [0.717, 1.165) is 18.5 Å². The Kier molecular flexibility index (Phi) is 7.39. The van der Waals surface area contributed by atoms with Gasteiger partial charge in [0.25, 0.3) is 0 Å². The minimum Gasteiger partial charge on any atom is -0.571 e. The average Bonchev–Trinajstić information content (AvgIpc) is 3.21. The number of pyridine rings is 1. The number of halogens is 4. The second-order valence-corrected chi connectivity index (χ2v) is 8.89. The van der Waals surface area contributed by atoms with Crippen LogP contribution in [0, 0.1) is 6.92 Å². The van der Waals surface area contributed by atoms with Crippen LogP contribution in [0.4, 0.5) is 18.9 Å². The van der Waals surface area contributed by atoms with Crippen molar-refractivity contribution in [3.05, 3.63) is 81.3 Å². The van der Waals surface area contributed by atoms with Gasteiger partial charge in [0, 0.05) is 17.8 Å². The maximum atomic E-state index is 13.2. The molecule has 14 heteroatoms. The number of H-pyrrole nitrogens is 1. The van der Waals surface area contributed by atoms with Crippen molar-refractivity contribution < 1.29 is 55.9 Å². The number of aromatic amines is 1. The molecule has 0 saturated carbocycles. The summed E-state index contributed by atoms with van der Waals surface area (Å²) < 4.78 is 68.8. The molecular formula is C20H12ClF3N5NaO3S. The van der Waals surface area contributed by atoms with Crippen LogP contribution in [0.2, 0.25) is 5.02 Å². The summed E-state index contributed by atoms with van der Waals surface area (Å²) in [5.74, 6) is -0.733. The molecule has 0 aliphatic carbocycles. The van der Waals surface area contributed by atoms with E-state index < -0.39 is 37.5 Å². The Morgan fingerprint density at radius 3 is 2.53 bits per heavy atom. The number of aryl methyl sites for hydroxylation is 1. The van der Waals surface area contributed by atoms with E-state index in [9.17, 15) is 26.4 Å². The van der Waals surface area contributed by atoms with Crippen molar-refractivity contribution in [2.24, 2.45) is 0 Å². The number of aromatic nitrogens is 4. The van der Waals surface area contributed by atoms with Crippen LogP contribution < -0.4 is 29.6 Å². The number of nitrogens with one attached hydrogen (secondary N) is 1. The Balaban J connectivity index is 0.00000324. The molecule has 4 aromatic rings. The number of rotatable bonds is 5. The molecule has 0 bridgehead atoms. The molecule has 1 aromatic carbocycles. The molecule has 0 fully saturated rings. The van der Waals surface area contributed by atoms with Gasteiger partial charge in [-0.3, -0.25) is 9.78 Å². The predicted octanol–water partition coefficient (Wildman–Crippen LogP) is 1.96. The fraction of sp³-hybridized carbons (Fsp3) is 0.100. The van der Waals surface area contributed by atoms with Crippen molar-refractivity contribution in [1.82, 2.24) is 19.9 Å². The van der Waals surface area contributed by atoms with Crippen LogP contribution in [0.25, 0.3) is 15.8 Å². The molecule has 0 amide bonds. The molecule has 0 radical (unpaired) electrons. The quantitative estimate of drug-likeness (QED) is 0.319. The number of hydrogen-bond acceptors (Lipinski definition) is 6. The first-order chi connectivity index (χ1) is 15.5. The number of carbonyl (C=O) groups is 1. The van der Waals surface area contributed by atoms with Gasteiger partial charge >= 0.3 is 35.7 Å². The minimum atomic E-state index is -4.87. The van der Waals surface area contributed by atoms with Gasteiger partial charge < -0.3 is 9.71 Å². The summed E-state index contributed by atoms with van der Waals surface area (Å²) in [6.45, 7) is 1.59. The molecule has 0 unspecified atom stereocenters. The molecule has 0 atom stereocenters. The van der Waals surface area contributed by atoms with Crippen LogP contribution in [0.1, 0.15) is 27.3 Å². The van der Waals surface area contributed by atoms with Gasteiger partial charge in [0.2, 0.25) is 5.78 Å². The van der Waals surface area contributed by atoms with Crippen LogP contribution in [0.5, 0.6) is 0 Å². The van der Waals surface area contributed by atoms with Gasteiger partial charge in [-0.05, 0) is 36.8 Å². The first kappa shape index (κ1) is 26.1. The van der Waals surface area contributed by atoms with Gasteiger partial charge in [-0.25, -0.2) is 18.4 Å². The van der Waals surface area contributed by atoms with Crippen LogP contribution in [-0.4, -0.2) is 34.1 Å². The molecule has 8 nitrogen and oxygen atoms in total. The van der Waals surface area contributed by atoms with Crippen LogP contribution in [0.3, 0.4) is 0 Å². The van der Waals surface area contributed by atoms with Crippen molar-refractivity contribution in [3.8, 4) is 0 Å². The summed E-state index contributed by atoms with van der Waals surface area (Å²) in [6.07, 6.45) is -0.838. The monoisotopic (exact) mass is 517 g/mol. The molecular weight excluding hydrogens is 506 g/mol. The predicted molar refractivity (Wildman–Crippen MR) is 113 cm³/mol. The number of alkyl halides is 3. The molecule has 1 N–H and O–H groups in total. The molecule has 4 rings (SSSR count). The van der Waals surface area contributed by atoms with E-state index >= 15 is 0 Å². The van der Waals surface area contributed by atoms with E-state index in [1.165, 1.54) is 12.3 Å². The third-order valence-corrected chi connectivity index (χ3v) is 6.16. The zero-order valence-corrected chi connectivity index (χ0v) is 21.1. The summed E-state index contributed by atoms with van der Waals surface area (Å²) in [5, 5.41) is -0.278. The number of ketones is 1. The van der Waals surface area contributed by atoms with E-state index in [4.69, 9.17) is 11.6 Å². The summed E-state index contributed by atoms with van der Waals surface area (Å²) >= 11 is 5.57. The Bertz CT molecular complexity index is 1510. The van der Waals surface area contributed by atoms with Gasteiger partial charge in [-0.2, -0.15) is 13.2 Å². The summed E-state index contributed by atoms with van der Waals surface area (Å²) in [6, 6.07) is 4.95. The van der Waals surface area contributed by atoms with Gasteiger partial charge in [-0.1, -0.05) is 23.4 Å². The second-order valence-electron chi connectivity index (χ2n) is 6.88. The molecule has 3 heterocycles. The van der Waals surface area contributed by atoms with Crippen LogP contribution in [-0.2, 0) is 16.2 Å². The van der Waals surface area contributed by atoms with Crippen LogP contribution >= 0.6 is 11.6 Å². The number of sulfonamides is 1. The molecule has 0 aliphatic rings. The first-order valence-electron chi connectivity index (χ1n) is 9.11. The number of carbonyl (C=O) groups excluding carboxylic acids is 1. The summed E-state index contributed by atoms with van der Waals surface area (Å²) in [5.41, 5.74) is -1.19. The third-order valence-electron chi connectivity index (χ3n) is 4.55. The number of nitrogens with zero attached hydrogens (tertiary/aromatic N) is 4. The molecule has 0 saturated heterocycles. The van der Waals surface area contributed by atoms with Crippen molar-refractivity contribution in [2.75, 3.05) is 0 Å². The third kappa shape index (κ3) is 5.10. The summed E-state index contributed by atoms with van der Waals surface area (Å²) in [7, 11) is -4.66. The molecule has 0 spiro atoms. The van der Waals surface area contributed by atoms with Gasteiger partial charge in [0.1, 0.15) is 27.7 Å². The maximum absolute atomic E-state index is 13.2. The van der Waals surface area contributed by atoms with E-state index in [1.54, 1.807) is 19.2 Å². The topological polar surface area (TPSA) is 120 Å². The van der Waals surface area contributed by atoms with Crippen molar-refractivity contribution in [2.45, 2.75) is 18.0 Å². The Morgan fingerprint density at radius 1 is 1.09 bits per heavy atom. The Morgan fingerprint density at radius 2 is 1.82 bits per heavy atom. The first-order valence-corrected chi connectivity index (χ1v) is 10.9. The van der Waals surface area contributed by atoms with Gasteiger partial charge in [-0.15, -0.1) is 0 Å². The molecule has 0 aliphatic heterocycles. The number of benzene rings is 1. The van der Waals surface area contributed by atoms with E-state index in [0.29, 0.717) is 22.7 Å². The fourth-order valence-corrected chi connectivity index (χ4v) is 4.26. The normalized spacial score (nSPS) is 11.8. The van der Waals surface area contributed by atoms with Crippen molar-refractivity contribution >= 4 is 44.1 Å². The smallest absolute Gasteiger partial charge is 0.571 e. The SMILES string of the molecule is Cc1cnc(C(=O)c2ncnc3[nH]ccc23)c([N-]S(=O)(=O)c2ccc(Cl)c(C(F)(F)F)c2)c1.[Na+]. The number of hydrogen-bond donors (Lipinski definition) is 1. The molecule has 170 valence electrons. The summed E-state index contributed by atoms with van der Waals surface area (Å²) in [4.78, 5) is 27.2. The van der Waals surface area contributed by atoms with Gasteiger partial charge in [0.05, 0.1) is 21.2 Å². The zero-order chi connectivity index (χ0) is 24.0. The molecule has 3 aromatic heterocycles. The van der Waals surface area contributed by atoms with Gasteiger partial charge in [0.15, 0.2) is 0 Å². The minimum absolute atomic E-state index is 0. The van der Waals surface area contributed by atoms with Crippen molar-refractivity contribution in [1.29, 1.82) is 0 Å². The van der Waals surface area contributed by atoms with E-state index in [2.05, 4.69) is 24.7 Å². The van der Waals surface area contributed by atoms with E-state index in [1.807, 2.05) is 0 Å². The zero-order valence-electron chi connectivity index (χ0n) is 17.6. The van der Waals surface area contributed by atoms with E-state index in [-0.39, 0.29) is 46.6 Å². The van der Waals surface area contributed by atoms with Crippen molar-refractivity contribution in [3.63, 3.8) is 0 Å². The van der Waals surface area contributed by atoms with Crippen LogP contribution in [0.15, 0.2) is 53.9 Å². The average molecular weight is 518 g/mol. The number of fused-ring (bicyclic) bond motifs is 1. The maximum Gasteiger partial charge on any atom is 1.00 e. The Labute approximate surface area is 218 Å².